The van der Waals surface area contributed by atoms with Crippen molar-refractivity contribution in [2.24, 2.45) is 0 Å². The first kappa shape index (κ1) is 21.8. The summed E-state index contributed by atoms with van der Waals surface area (Å²) in [6.45, 7) is 1.25. The molecule has 1 saturated heterocycles. The molecule has 1 aliphatic rings. The number of nitrogens with zero attached hydrogens (tertiary/aromatic N) is 5. The number of oxazole rings is 1. The fourth-order valence-electron chi connectivity index (χ4n) is 4.21. The molecule has 4 aromatic rings. The van der Waals surface area contributed by atoms with E-state index < -0.39 is 0 Å². The van der Waals surface area contributed by atoms with Gasteiger partial charge in [-0.05, 0) is 42.7 Å². The van der Waals surface area contributed by atoms with E-state index in [-0.39, 0.29) is 11.8 Å². The number of carbonyl (C=O) groups is 1. The Morgan fingerprint density at radius 1 is 1.12 bits per heavy atom. The zero-order chi connectivity index (χ0) is 23.3. The smallest absolute Gasteiger partial charge is 0.272 e. The first-order valence-electron chi connectivity index (χ1n) is 11.3. The van der Waals surface area contributed by atoms with Gasteiger partial charge in [0.1, 0.15) is 23.5 Å². The van der Waals surface area contributed by atoms with Crippen LogP contribution in [0.1, 0.15) is 46.5 Å². The Hall–Kier alpha value is -4.07. The second-order valence-corrected chi connectivity index (χ2v) is 8.32. The van der Waals surface area contributed by atoms with Crippen molar-refractivity contribution in [2.75, 3.05) is 20.2 Å². The van der Waals surface area contributed by atoms with Crippen LogP contribution in [0.4, 0.5) is 0 Å². The van der Waals surface area contributed by atoms with E-state index in [0.29, 0.717) is 36.8 Å². The highest BCUT2D eigenvalue weighted by atomic mass is 16.5. The van der Waals surface area contributed by atoms with Gasteiger partial charge in [-0.25, -0.2) is 19.9 Å². The molecule has 0 bridgehead atoms. The number of hydrogen-bond acceptors (Lipinski definition) is 7. The molecule has 1 amide bonds. The summed E-state index contributed by atoms with van der Waals surface area (Å²) in [5.41, 5.74) is 2.99. The molecular weight excluding hydrogens is 430 g/mol. The van der Waals surface area contributed by atoms with Crippen LogP contribution < -0.4 is 4.74 Å². The molecule has 0 aliphatic carbocycles. The Kier molecular flexibility index (Phi) is 6.29. The highest BCUT2D eigenvalue weighted by Crippen LogP contribution is 2.28. The topological polar surface area (TPSA) is 94.2 Å². The molecule has 4 heterocycles. The van der Waals surface area contributed by atoms with Crippen LogP contribution in [0.25, 0.3) is 11.3 Å². The molecule has 3 aromatic heterocycles. The maximum atomic E-state index is 13.2. The van der Waals surface area contributed by atoms with Gasteiger partial charge in [-0.2, -0.15) is 0 Å². The normalized spacial score (nSPS) is 15.8. The number of amides is 1. The van der Waals surface area contributed by atoms with Crippen molar-refractivity contribution >= 4 is 5.91 Å². The number of rotatable bonds is 6. The van der Waals surface area contributed by atoms with Gasteiger partial charge < -0.3 is 14.1 Å². The molecule has 0 saturated carbocycles. The van der Waals surface area contributed by atoms with E-state index in [1.54, 1.807) is 31.8 Å². The summed E-state index contributed by atoms with van der Waals surface area (Å²) in [4.78, 5) is 32.2. The molecular formula is C26H25N5O3. The Bertz CT molecular complexity index is 1260. The number of methoxy groups -OCH3 is 1. The maximum absolute atomic E-state index is 13.2. The zero-order valence-corrected chi connectivity index (χ0v) is 18.9. The van der Waals surface area contributed by atoms with Crippen LogP contribution in [0.3, 0.4) is 0 Å². The van der Waals surface area contributed by atoms with Crippen molar-refractivity contribution in [1.29, 1.82) is 0 Å². The van der Waals surface area contributed by atoms with Crippen LogP contribution in [-0.2, 0) is 6.42 Å². The van der Waals surface area contributed by atoms with Gasteiger partial charge in [-0.15, -0.1) is 0 Å². The van der Waals surface area contributed by atoms with Gasteiger partial charge in [-0.1, -0.05) is 18.2 Å². The average molecular weight is 456 g/mol. The standard InChI is InChI=1S/C26H25N5O3/c1-33-21-9-7-18(8-10-21)12-22-15-29-25(34-22)19-4-3-11-31(16-19)26(32)24-6-2-5-23(30-24)20-13-27-17-28-14-20/h2,5-10,13-15,17,19H,3-4,11-12,16H2,1H3/t19-/m1/s1. The molecule has 0 radical (unpaired) electrons. The molecule has 34 heavy (non-hydrogen) atoms. The van der Waals surface area contributed by atoms with Crippen molar-refractivity contribution < 1.29 is 13.9 Å². The lowest BCUT2D eigenvalue weighted by atomic mass is 9.97. The van der Waals surface area contributed by atoms with E-state index in [0.717, 1.165) is 35.5 Å². The van der Waals surface area contributed by atoms with E-state index in [1.165, 1.54) is 6.33 Å². The second-order valence-electron chi connectivity index (χ2n) is 8.32. The quantitative estimate of drug-likeness (QED) is 0.431. The number of hydrogen-bond donors (Lipinski definition) is 0. The van der Waals surface area contributed by atoms with Gasteiger partial charge in [0.2, 0.25) is 0 Å². The molecule has 8 heteroatoms. The van der Waals surface area contributed by atoms with Crippen molar-refractivity contribution in [3.8, 4) is 17.0 Å². The summed E-state index contributed by atoms with van der Waals surface area (Å²) >= 11 is 0. The zero-order valence-electron chi connectivity index (χ0n) is 18.9. The van der Waals surface area contributed by atoms with Gasteiger partial charge in [-0.3, -0.25) is 4.79 Å². The molecule has 5 rings (SSSR count). The fourth-order valence-corrected chi connectivity index (χ4v) is 4.21. The minimum absolute atomic E-state index is 0.0630. The average Bonchev–Trinajstić information content (AvgIpc) is 3.38. The van der Waals surface area contributed by atoms with Gasteiger partial charge in [0, 0.05) is 37.5 Å². The van der Waals surface area contributed by atoms with Gasteiger partial charge >= 0.3 is 0 Å². The summed E-state index contributed by atoms with van der Waals surface area (Å²) in [5.74, 6) is 2.29. The monoisotopic (exact) mass is 455 g/mol. The highest BCUT2D eigenvalue weighted by molar-refractivity contribution is 5.93. The summed E-state index contributed by atoms with van der Waals surface area (Å²) < 4.78 is 11.3. The number of aromatic nitrogens is 4. The van der Waals surface area contributed by atoms with Crippen LogP contribution in [-0.4, -0.2) is 50.9 Å². The third-order valence-corrected chi connectivity index (χ3v) is 5.99. The Morgan fingerprint density at radius 3 is 2.74 bits per heavy atom. The van der Waals surface area contributed by atoms with Gasteiger partial charge in [0.15, 0.2) is 5.89 Å². The summed E-state index contributed by atoms with van der Waals surface area (Å²) in [5, 5.41) is 0. The first-order valence-corrected chi connectivity index (χ1v) is 11.3. The number of likely N-dealkylation sites (tertiary alicyclic amines) is 1. The van der Waals surface area contributed by atoms with Crippen LogP contribution >= 0.6 is 0 Å². The lowest BCUT2D eigenvalue weighted by Gasteiger charge is -2.31. The van der Waals surface area contributed by atoms with E-state index in [2.05, 4.69) is 19.9 Å². The lowest BCUT2D eigenvalue weighted by molar-refractivity contribution is 0.0692. The number of carbonyl (C=O) groups excluding carboxylic acids is 1. The number of pyridine rings is 1. The Balaban J connectivity index is 1.26. The van der Waals surface area contributed by atoms with Crippen molar-refractivity contribution in [3.05, 3.63) is 90.3 Å². The SMILES string of the molecule is COc1ccc(Cc2cnc([C@@H]3CCCN(C(=O)c4cccc(-c5cncnc5)n4)C3)o2)cc1. The van der Waals surface area contributed by atoms with Gasteiger partial charge in [0.25, 0.3) is 5.91 Å². The molecule has 1 fully saturated rings. The predicted molar refractivity (Wildman–Crippen MR) is 125 cm³/mol. The summed E-state index contributed by atoms with van der Waals surface area (Å²) in [6.07, 6.45) is 9.11. The van der Waals surface area contributed by atoms with Crippen molar-refractivity contribution in [2.45, 2.75) is 25.2 Å². The molecule has 172 valence electrons. The summed E-state index contributed by atoms with van der Waals surface area (Å²) in [6, 6.07) is 13.3. The van der Waals surface area contributed by atoms with Crippen LogP contribution in [0.5, 0.6) is 5.75 Å². The fraction of sp³-hybridized carbons (Fsp3) is 0.269. The molecule has 0 unspecified atom stereocenters. The molecule has 1 aromatic carbocycles. The predicted octanol–water partition coefficient (Wildman–Crippen LogP) is 4.15. The third-order valence-electron chi connectivity index (χ3n) is 5.99. The van der Waals surface area contributed by atoms with Crippen LogP contribution in [0.2, 0.25) is 0 Å². The third kappa shape index (κ3) is 4.80. The number of piperidine rings is 1. The molecule has 8 nitrogen and oxygen atoms in total. The second kappa shape index (κ2) is 9.82. The van der Waals surface area contributed by atoms with Gasteiger partial charge in [0.05, 0.1) is 24.9 Å². The van der Waals surface area contributed by atoms with Crippen molar-refractivity contribution in [3.63, 3.8) is 0 Å². The van der Waals surface area contributed by atoms with Crippen LogP contribution in [0.15, 0.2) is 71.8 Å². The largest absolute Gasteiger partial charge is 0.497 e. The Morgan fingerprint density at radius 2 is 1.94 bits per heavy atom. The van der Waals surface area contributed by atoms with E-state index in [4.69, 9.17) is 9.15 Å². The summed E-state index contributed by atoms with van der Waals surface area (Å²) in [7, 11) is 1.65. The minimum atomic E-state index is -0.0894. The maximum Gasteiger partial charge on any atom is 0.272 e. The van der Waals surface area contributed by atoms with E-state index >= 15 is 0 Å². The Labute approximate surface area is 197 Å². The molecule has 0 spiro atoms. The number of ether oxygens (including phenoxy) is 1. The first-order chi connectivity index (χ1) is 16.7. The van der Waals surface area contributed by atoms with E-state index in [9.17, 15) is 4.79 Å². The lowest BCUT2D eigenvalue weighted by Crippen LogP contribution is -2.39. The van der Waals surface area contributed by atoms with E-state index in [1.807, 2.05) is 41.3 Å². The highest BCUT2D eigenvalue weighted by Gasteiger charge is 2.29. The molecule has 0 N–H and O–H groups in total. The number of benzene rings is 1. The minimum Gasteiger partial charge on any atom is -0.497 e. The van der Waals surface area contributed by atoms with Crippen molar-refractivity contribution in [1.82, 2.24) is 24.8 Å². The molecule has 1 aliphatic heterocycles. The molecule has 1 atom stereocenters. The van der Waals surface area contributed by atoms with Crippen LogP contribution in [0, 0.1) is 0 Å².